The van der Waals surface area contributed by atoms with E-state index in [1.807, 2.05) is 50.4 Å². The molecule has 1 aromatic heterocycles. The number of ether oxygens (including phenoxy) is 2. The molecular weight excluding hydrogens is 482 g/mol. The van der Waals surface area contributed by atoms with Gasteiger partial charge in [-0.3, -0.25) is 9.89 Å². The molecule has 3 heterocycles. The van der Waals surface area contributed by atoms with Gasteiger partial charge in [0.15, 0.2) is 0 Å². The van der Waals surface area contributed by atoms with Gasteiger partial charge in [-0.05, 0) is 36.4 Å². The Morgan fingerprint density at radius 1 is 1.26 bits per heavy atom. The molecule has 2 aromatic rings. The van der Waals surface area contributed by atoms with Crippen molar-refractivity contribution in [2.24, 2.45) is 4.99 Å². The molecule has 0 amide bonds. The third-order valence-electron chi connectivity index (χ3n) is 5.76. The summed E-state index contributed by atoms with van der Waals surface area (Å²) in [5, 5.41) is 6.10. The van der Waals surface area contributed by atoms with E-state index in [-0.39, 0.29) is 5.97 Å². The topological polar surface area (TPSA) is 63.2 Å². The molecule has 2 aliphatic rings. The van der Waals surface area contributed by atoms with E-state index in [9.17, 15) is 4.79 Å². The van der Waals surface area contributed by atoms with Gasteiger partial charge in [0.05, 0.1) is 30.3 Å². The Hall–Kier alpha value is -2.19. The molecule has 0 spiro atoms. The second kappa shape index (κ2) is 13.8. The second-order valence-electron chi connectivity index (χ2n) is 8.09. The Morgan fingerprint density at radius 2 is 2.03 bits per heavy atom. The smallest absolute Gasteiger partial charge is 0.338 e. The van der Waals surface area contributed by atoms with Crippen molar-refractivity contribution in [2.75, 3.05) is 39.5 Å². The standard InChI is InChI=1S/C25H30ClN3O3S.C2H6/c1-3-6-17-8-9-18(19(26)15-17)23-22(25(30)32-4-2)20(16-29-10-12-31-13-11-29)27-24(28-23)21-7-5-14-33-21;1-2/h5,7-9,14-15,23H,3-4,6,10-13,16H2,1-2H3,(H,27,28);1-2H3. The molecule has 0 saturated carbocycles. The van der Waals surface area contributed by atoms with Crippen LogP contribution in [0.3, 0.4) is 0 Å². The normalized spacial score (nSPS) is 18.3. The van der Waals surface area contributed by atoms with Gasteiger partial charge in [0.2, 0.25) is 0 Å². The Kier molecular flexibility index (Phi) is 10.8. The zero-order valence-electron chi connectivity index (χ0n) is 21.1. The van der Waals surface area contributed by atoms with Crippen molar-refractivity contribution in [2.45, 2.75) is 46.6 Å². The summed E-state index contributed by atoms with van der Waals surface area (Å²) in [6, 6.07) is 9.57. The van der Waals surface area contributed by atoms with Crippen LogP contribution in [-0.4, -0.2) is 56.2 Å². The van der Waals surface area contributed by atoms with E-state index in [1.165, 1.54) is 5.56 Å². The summed E-state index contributed by atoms with van der Waals surface area (Å²) in [5.41, 5.74) is 3.33. The van der Waals surface area contributed by atoms with Crippen molar-refractivity contribution in [3.05, 3.63) is 68.0 Å². The fourth-order valence-electron chi connectivity index (χ4n) is 4.15. The monoisotopic (exact) mass is 517 g/mol. The van der Waals surface area contributed by atoms with Crippen molar-refractivity contribution < 1.29 is 14.3 Å². The van der Waals surface area contributed by atoms with Gasteiger partial charge in [-0.2, -0.15) is 0 Å². The lowest BCUT2D eigenvalue weighted by Crippen LogP contribution is -2.43. The lowest BCUT2D eigenvalue weighted by Gasteiger charge is -2.32. The number of carbonyl (C=O) groups excluding carboxylic acids is 1. The van der Waals surface area contributed by atoms with Crippen LogP contribution in [-0.2, 0) is 20.7 Å². The average Bonchev–Trinajstić information content (AvgIpc) is 3.41. The number of aliphatic imine (C=N–C) groups is 1. The number of esters is 1. The highest BCUT2D eigenvalue weighted by Crippen LogP contribution is 2.37. The van der Waals surface area contributed by atoms with Crippen LogP contribution in [0.15, 0.2) is 52.0 Å². The first kappa shape index (κ1) is 27.4. The summed E-state index contributed by atoms with van der Waals surface area (Å²) in [6.45, 7) is 11.8. The van der Waals surface area contributed by atoms with E-state index >= 15 is 0 Å². The zero-order chi connectivity index (χ0) is 25.2. The molecule has 0 radical (unpaired) electrons. The molecule has 0 aliphatic carbocycles. The highest BCUT2D eigenvalue weighted by Gasteiger charge is 2.34. The minimum absolute atomic E-state index is 0.296. The maximum atomic E-state index is 13.2. The number of halogens is 1. The van der Waals surface area contributed by atoms with E-state index in [0.29, 0.717) is 37.0 Å². The minimum Gasteiger partial charge on any atom is -0.463 e. The molecule has 1 saturated heterocycles. The maximum Gasteiger partial charge on any atom is 0.338 e. The van der Waals surface area contributed by atoms with Gasteiger partial charge in [0, 0.05) is 35.9 Å². The predicted molar refractivity (Wildman–Crippen MR) is 144 cm³/mol. The number of hydrogen-bond acceptors (Lipinski definition) is 7. The highest BCUT2D eigenvalue weighted by molar-refractivity contribution is 7.12. The lowest BCUT2D eigenvalue weighted by molar-refractivity contribution is -0.139. The molecule has 0 bridgehead atoms. The van der Waals surface area contributed by atoms with Crippen molar-refractivity contribution in [1.82, 2.24) is 10.2 Å². The lowest BCUT2D eigenvalue weighted by atomic mass is 9.93. The maximum absolute atomic E-state index is 13.2. The average molecular weight is 518 g/mol. The number of hydrogen-bond donors (Lipinski definition) is 1. The van der Waals surface area contributed by atoms with Gasteiger partial charge in [-0.25, -0.2) is 4.79 Å². The largest absolute Gasteiger partial charge is 0.463 e. The van der Waals surface area contributed by atoms with Gasteiger partial charge in [-0.15, -0.1) is 11.3 Å². The van der Waals surface area contributed by atoms with Gasteiger partial charge < -0.3 is 14.8 Å². The fraction of sp³-hybridized carbons (Fsp3) is 0.481. The van der Waals surface area contributed by atoms with Crippen molar-refractivity contribution in [3.63, 3.8) is 0 Å². The fourth-order valence-corrected chi connectivity index (χ4v) is 5.14. The summed E-state index contributed by atoms with van der Waals surface area (Å²) < 4.78 is 11.0. The second-order valence-corrected chi connectivity index (χ2v) is 9.44. The number of aryl methyl sites for hydroxylation is 1. The Labute approximate surface area is 218 Å². The third kappa shape index (κ3) is 6.94. The van der Waals surface area contributed by atoms with E-state index in [4.69, 9.17) is 26.1 Å². The molecule has 1 unspecified atom stereocenters. The van der Waals surface area contributed by atoms with Gasteiger partial charge in [-0.1, -0.05) is 57.0 Å². The van der Waals surface area contributed by atoms with Crippen LogP contribution in [0.2, 0.25) is 5.02 Å². The molecular formula is C27H36ClN3O3S. The van der Waals surface area contributed by atoms with Crippen molar-refractivity contribution in [1.29, 1.82) is 0 Å². The number of morpholine rings is 1. The molecule has 1 aromatic carbocycles. The molecule has 1 atom stereocenters. The Bertz CT molecular complexity index is 1030. The van der Waals surface area contributed by atoms with E-state index in [2.05, 4.69) is 23.2 Å². The molecule has 35 heavy (non-hydrogen) atoms. The molecule has 4 rings (SSSR count). The quantitative estimate of drug-likeness (QED) is 0.460. The predicted octanol–water partition coefficient (Wildman–Crippen LogP) is 5.62. The van der Waals surface area contributed by atoms with Crippen LogP contribution in [0.1, 0.15) is 56.2 Å². The van der Waals surface area contributed by atoms with Crippen LogP contribution < -0.4 is 5.32 Å². The molecule has 6 nitrogen and oxygen atoms in total. The number of nitrogens with one attached hydrogen (secondary N) is 1. The molecule has 1 fully saturated rings. The van der Waals surface area contributed by atoms with Crippen molar-refractivity contribution in [3.8, 4) is 0 Å². The molecule has 2 aliphatic heterocycles. The SMILES string of the molecule is CC.CCCc1ccc(C2N=C(c3cccs3)NC(CN3CCOCC3)=C2C(=O)OCC)c(Cl)c1. The third-order valence-corrected chi connectivity index (χ3v) is 6.96. The van der Waals surface area contributed by atoms with Gasteiger partial charge >= 0.3 is 5.97 Å². The summed E-state index contributed by atoms with van der Waals surface area (Å²) in [7, 11) is 0. The van der Waals surface area contributed by atoms with Gasteiger partial charge in [0.1, 0.15) is 11.9 Å². The summed E-state index contributed by atoms with van der Waals surface area (Å²) in [5.74, 6) is 0.390. The number of thiophene rings is 1. The molecule has 190 valence electrons. The first-order valence-electron chi connectivity index (χ1n) is 12.5. The number of carbonyl (C=O) groups is 1. The summed E-state index contributed by atoms with van der Waals surface area (Å²) >= 11 is 8.38. The first-order chi connectivity index (χ1) is 17.1. The molecule has 8 heteroatoms. The van der Waals surface area contributed by atoms with Crippen LogP contribution in [0.4, 0.5) is 0 Å². The number of amidine groups is 1. The number of nitrogens with zero attached hydrogens (tertiary/aromatic N) is 2. The summed E-state index contributed by atoms with van der Waals surface area (Å²) in [4.78, 5) is 21.5. The van der Waals surface area contributed by atoms with Crippen LogP contribution in [0.25, 0.3) is 0 Å². The highest BCUT2D eigenvalue weighted by atomic mass is 35.5. The van der Waals surface area contributed by atoms with Crippen LogP contribution >= 0.6 is 22.9 Å². The van der Waals surface area contributed by atoms with Crippen molar-refractivity contribution >= 4 is 34.7 Å². The number of rotatable bonds is 8. The van der Waals surface area contributed by atoms with Gasteiger partial charge in [0.25, 0.3) is 0 Å². The molecule has 1 N–H and O–H groups in total. The number of benzene rings is 1. The van der Waals surface area contributed by atoms with E-state index in [1.54, 1.807) is 11.3 Å². The Balaban J connectivity index is 0.00000167. The zero-order valence-corrected chi connectivity index (χ0v) is 22.7. The minimum atomic E-state index is -0.540. The van der Waals surface area contributed by atoms with E-state index < -0.39 is 6.04 Å². The van der Waals surface area contributed by atoms with Crippen LogP contribution in [0.5, 0.6) is 0 Å². The van der Waals surface area contributed by atoms with Crippen LogP contribution in [0, 0.1) is 0 Å². The summed E-state index contributed by atoms with van der Waals surface area (Å²) in [6.07, 6.45) is 2.00. The van der Waals surface area contributed by atoms with E-state index in [0.717, 1.165) is 47.9 Å². The Morgan fingerprint density at radius 3 is 2.66 bits per heavy atom. The first-order valence-corrected chi connectivity index (χ1v) is 13.7.